The highest BCUT2D eigenvalue weighted by atomic mass is 79.9. The molecule has 0 atom stereocenters. The Bertz CT molecular complexity index is 670. The van der Waals surface area contributed by atoms with Gasteiger partial charge in [0.2, 0.25) is 0 Å². The number of halogens is 1. The Balaban J connectivity index is 2.11. The molecular formula is C14H10BrNO2. The molecule has 1 aliphatic heterocycles. The molecule has 1 N–H and O–H groups in total. The summed E-state index contributed by atoms with van der Waals surface area (Å²) in [6.07, 6.45) is 1.76. The van der Waals surface area contributed by atoms with Crippen LogP contribution in [0.15, 0.2) is 39.2 Å². The van der Waals surface area contributed by atoms with Crippen molar-refractivity contribution in [2.24, 2.45) is 0 Å². The molecule has 1 aliphatic rings. The normalized spacial score (nSPS) is 15.9. The number of rotatable bonds is 1. The highest BCUT2D eigenvalue weighted by Gasteiger charge is 2.24. The molecular weight excluding hydrogens is 294 g/mol. The van der Waals surface area contributed by atoms with E-state index in [2.05, 4.69) is 21.2 Å². The summed E-state index contributed by atoms with van der Waals surface area (Å²) < 4.78 is 6.41. The molecule has 0 spiro atoms. The second-order valence-corrected chi connectivity index (χ2v) is 5.07. The molecule has 1 aromatic carbocycles. The van der Waals surface area contributed by atoms with Crippen LogP contribution >= 0.6 is 15.9 Å². The van der Waals surface area contributed by atoms with Gasteiger partial charge in [-0.05, 0) is 43.3 Å². The summed E-state index contributed by atoms with van der Waals surface area (Å²) in [4.78, 5) is 11.9. The van der Waals surface area contributed by atoms with Gasteiger partial charge in [-0.1, -0.05) is 15.9 Å². The van der Waals surface area contributed by atoms with Crippen molar-refractivity contribution in [2.75, 3.05) is 5.32 Å². The van der Waals surface area contributed by atoms with Crippen molar-refractivity contribution in [3.05, 3.63) is 51.9 Å². The molecule has 3 rings (SSSR count). The molecule has 3 nitrogen and oxygen atoms in total. The van der Waals surface area contributed by atoms with Gasteiger partial charge in [0.25, 0.3) is 5.91 Å². The number of amides is 1. The second kappa shape index (κ2) is 4.14. The fourth-order valence-corrected chi connectivity index (χ4v) is 2.34. The quantitative estimate of drug-likeness (QED) is 0.813. The predicted molar refractivity (Wildman–Crippen MR) is 74.1 cm³/mol. The van der Waals surface area contributed by atoms with Crippen molar-refractivity contribution in [3.63, 3.8) is 0 Å². The van der Waals surface area contributed by atoms with Crippen molar-refractivity contribution < 1.29 is 9.21 Å². The third-order valence-electron chi connectivity index (χ3n) is 2.81. The minimum absolute atomic E-state index is 0.0999. The van der Waals surface area contributed by atoms with Gasteiger partial charge >= 0.3 is 0 Å². The summed E-state index contributed by atoms with van der Waals surface area (Å²) in [5, 5.41) is 2.83. The summed E-state index contributed by atoms with van der Waals surface area (Å²) in [7, 11) is 0. The summed E-state index contributed by atoms with van der Waals surface area (Å²) in [6, 6.07) is 9.44. The number of hydrogen-bond donors (Lipinski definition) is 1. The molecule has 0 saturated heterocycles. The van der Waals surface area contributed by atoms with E-state index in [9.17, 15) is 4.79 Å². The number of nitrogens with one attached hydrogen (secondary N) is 1. The Kier molecular flexibility index (Phi) is 2.59. The zero-order chi connectivity index (χ0) is 12.7. The smallest absolute Gasteiger partial charge is 0.256 e. The topological polar surface area (TPSA) is 42.2 Å². The van der Waals surface area contributed by atoms with E-state index >= 15 is 0 Å². The largest absolute Gasteiger partial charge is 0.462 e. The maximum atomic E-state index is 11.9. The zero-order valence-electron chi connectivity index (χ0n) is 9.66. The monoisotopic (exact) mass is 303 g/mol. The van der Waals surface area contributed by atoms with Crippen LogP contribution in [0.25, 0.3) is 11.6 Å². The summed E-state index contributed by atoms with van der Waals surface area (Å²) in [5.74, 6) is 1.41. The van der Waals surface area contributed by atoms with E-state index in [1.54, 1.807) is 6.08 Å². The van der Waals surface area contributed by atoms with Gasteiger partial charge in [-0.25, -0.2) is 0 Å². The number of benzene rings is 1. The number of hydrogen-bond acceptors (Lipinski definition) is 2. The van der Waals surface area contributed by atoms with Gasteiger partial charge in [0.15, 0.2) is 0 Å². The van der Waals surface area contributed by atoms with Crippen molar-refractivity contribution in [1.82, 2.24) is 0 Å². The lowest BCUT2D eigenvalue weighted by atomic mass is 10.1. The average Bonchev–Trinajstić information content (AvgIpc) is 2.86. The van der Waals surface area contributed by atoms with Crippen LogP contribution in [0.3, 0.4) is 0 Å². The van der Waals surface area contributed by atoms with Gasteiger partial charge < -0.3 is 9.73 Å². The first-order chi connectivity index (χ1) is 8.63. The lowest BCUT2D eigenvalue weighted by Crippen LogP contribution is -2.03. The van der Waals surface area contributed by atoms with E-state index in [4.69, 9.17) is 4.42 Å². The van der Waals surface area contributed by atoms with Crippen LogP contribution in [0.5, 0.6) is 0 Å². The van der Waals surface area contributed by atoms with Crippen molar-refractivity contribution in [1.29, 1.82) is 0 Å². The van der Waals surface area contributed by atoms with Crippen LogP contribution in [0.2, 0.25) is 0 Å². The maximum Gasteiger partial charge on any atom is 0.256 e. The lowest BCUT2D eigenvalue weighted by molar-refractivity contribution is -0.110. The number of carbonyl (C=O) groups is 1. The van der Waals surface area contributed by atoms with Gasteiger partial charge in [-0.3, -0.25) is 4.79 Å². The van der Waals surface area contributed by atoms with Crippen LogP contribution < -0.4 is 5.32 Å². The molecule has 0 bridgehead atoms. The third-order valence-corrected chi connectivity index (χ3v) is 3.31. The predicted octanol–water partition coefficient (Wildman–Crippen LogP) is 3.84. The first-order valence-electron chi connectivity index (χ1n) is 5.53. The van der Waals surface area contributed by atoms with Crippen LogP contribution in [0, 0.1) is 6.92 Å². The van der Waals surface area contributed by atoms with Gasteiger partial charge in [0.05, 0.1) is 5.57 Å². The van der Waals surface area contributed by atoms with Gasteiger partial charge in [-0.15, -0.1) is 0 Å². The molecule has 0 aliphatic carbocycles. The molecule has 4 heteroatoms. The minimum atomic E-state index is -0.0999. The minimum Gasteiger partial charge on any atom is -0.462 e. The number of furan rings is 1. The van der Waals surface area contributed by atoms with E-state index in [0.29, 0.717) is 11.3 Å². The van der Waals surface area contributed by atoms with E-state index in [1.165, 1.54) is 0 Å². The molecule has 1 aromatic heterocycles. The Morgan fingerprint density at radius 1 is 1.28 bits per heavy atom. The Morgan fingerprint density at radius 3 is 2.83 bits per heavy atom. The van der Waals surface area contributed by atoms with Gasteiger partial charge in [0.1, 0.15) is 11.5 Å². The molecule has 1 amide bonds. The van der Waals surface area contributed by atoms with Crippen LogP contribution in [0.1, 0.15) is 17.1 Å². The maximum absolute atomic E-state index is 11.9. The van der Waals surface area contributed by atoms with E-state index < -0.39 is 0 Å². The SMILES string of the molecule is Cc1ccc(C=C2C(=O)Nc3ccc(Br)cc32)o1. The first-order valence-corrected chi connectivity index (χ1v) is 6.32. The molecule has 18 heavy (non-hydrogen) atoms. The number of fused-ring (bicyclic) bond motifs is 1. The van der Waals surface area contributed by atoms with Gasteiger partial charge in [-0.2, -0.15) is 0 Å². The highest BCUT2D eigenvalue weighted by molar-refractivity contribution is 9.10. The average molecular weight is 304 g/mol. The van der Waals surface area contributed by atoms with E-state index in [1.807, 2.05) is 37.3 Å². The Labute approximate surface area is 113 Å². The lowest BCUT2D eigenvalue weighted by Gasteiger charge is -1.98. The summed E-state index contributed by atoms with van der Waals surface area (Å²) >= 11 is 3.41. The molecule has 2 aromatic rings. The van der Waals surface area contributed by atoms with Crippen LogP contribution in [-0.4, -0.2) is 5.91 Å². The van der Waals surface area contributed by atoms with E-state index in [-0.39, 0.29) is 5.91 Å². The number of aryl methyl sites for hydroxylation is 1. The molecule has 0 unspecified atom stereocenters. The molecule has 0 fully saturated rings. The first kappa shape index (κ1) is 11.3. The number of anilines is 1. The van der Waals surface area contributed by atoms with Crippen molar-refractivity contribution in [2.45, 2.75) is 6.92 Å². The molecule has 90 valence electrons. The van der Waals surface area contributed by atoms with Crippen LogP contribution in [-0.2, 0) is 4.79 Å². The summed E-state index contributed by atoms with van der Waals surface area (Å²) in [5.41, 5.74) is 2.35. The van der Waals surface area contributed by atoms with Gasteiger partial charge in [0, 0.05) is 15.7 Å². The second-order valence-electron chi connectivity index (χ2n) is 4.15. The summed E-state index contributed by atoms with van der Waals surface area (Å²) in [6.45, 7) is 1.88. The fraction of sp³-hybridized carbons (Fsp3) is 0.0714. The number of carbonyl (C=O) groups excluding carboxylic acids is 1. The standard InChI is InChI=1S/C14H10BrNO2/c1-8-2-4-10(18-8)7-12-11-6-9(15)3-5-13(11)16-14(12)17/h2-7H,1H3,(H,16,17). The van der Waals surface area contributed by atoms with Crippen molar-refractivity contribution >= 4 is 39.2 Å². The molecule has 0 radical (unpaired) electrons. The van der Waals surface area contributed by atoms with E-state index in [0.717, 1.165) is 21.5 Å². The third kappa shape index (κ3) is 1.88. The zero-order valence-corrected chi connectivity index (χ0v) is 11.2. The molecule has 0 saturated carbocycles. The Morgan fingerprint density at radius 2 is 2.11 bits per heavy atom. The fourth-order valence-electron chi connectivity index (χ4n) is 1.98. The highest BCUT2D eigenvalue weighted by Crippen LogP contribution is 2.35. The Hall–Kier alpha value is -1.81. The van der Waals surface area contributed by atoms with Crippen LogP contribution in [0.4, 0.5) is 5.69 Å². The molecule has 2 heterocycles. The van der Waals surface area contributed by atoms with Crippen molar-refractivity contribution in [3.8, 4) is 0 Å².